The number of para-hydroxylation sites is 1. The van der Waals surface area contributed by atoms with Crippen LogP contribution in [0.1, 0.15) is 39.3 Å². The summed E-state index contributed by atoms with van der Waals surface area (Å²) < 4.78 is 2.06. The number of rotatable bonds is 7. The van der Waals surface area contributed by atoms with Crippen LogP contribution >= 0.6 is 11.6 Å². The summed E-state index contributed by atoms with van der Waals surface area (Å²) in [5.74, 6) is 0.631. The molecular formula is C16H24ClN3. The molecule has 0 saturated carbocycles. The Morgan fingerprint density at radius 3 is 2.50 bits per heavy atom. The molecule has 0 radical (unpaired) electrons. The highest BCUT2D eigenvalue weighted by Gasteiger charge is 2.24. The lowest BCUT2D eigenvalue weighted by molar-refractivity contribution is 0.332. The van der Waals surface area contributed by atoms with Crippen molar-refractivity contribution in [1.82, 2.24) is 15.1 Å². The lowest BCUT2D eigenvalue weighted by atomic mass is 9.95. The predicted octanol–water partition coefficient (Wildman–Crippen LogP) is 3.94. The summed E-state index contributed by atoms with van der Waals surface area (Å²) in [4.78, 5) is 0. The fraction of sp³-hybridized carbons (Fsp3) is 0.562. The van der Waals surface area contributed by atoms with Crippen LogP contribution in [0.4, 0.5) is 0 Å². The molecule has 1 aromatic carbocycles. The number of alkyl halides is 1. The third-order valence-corrected chi connectivity index (χ3v) is 4.79. The Bertz CT molecular complexity index is 550. The van der Waals surface area contributed by atoms with Crippen molar-refractivity contribution in [3.63, 3.8) is 0 Å². The van der Waals surface area contributed by atoms with E-state index in [-0.39, 0.29) is 5.54 Å². The maximum Gasteiger partial charge on any atom is 0.0841 e. The fourth-order valence-electron chi connectivity index (χ4n) is 2.58. The third kappa shape index (κ3) is 2.84. The number of halogens is 1. The van der Waals surface area contributed by atoms with Crippen LogP contribution in [-0.2, 0) is 13.1 Å². The number of benzene rings is 1. The van der Waals surface area contributed by atoms with Gasteiger partial charge in [0.05, 0.1) is 11.2 Å². The van der Waals surface area contributed by atoms with Crippen molar-refractivity contribution in [3.05, 3.63) is 30.0 Å². The minimum absolute atomic E-state index is 0.0126. The van der Waals surface area contributed by atoms with Gasteiger partial charge < -0.3 is 5.32 Å². The molecule has 0 aliphatic heterocycles. The van der Waals surface area contributed by atoms with Gasteiger partial charge in [-0.1, -0.05) is 32.0 Å². The average molecular weight is 294 g/mol. The second-order valence-electron chi connectivity index (χ2n) is 5.25. The zero-order valence-corrected chi connectivity index (χ0v) is 13.4. The summed E-state index contributed by atoms with van der Waals surface area (Å²) in [6.45, 7) is 8.14. The molecule has 0 aliphatic carbocycles. The molecule has 3 nitrogen and oxygen atoms in total. The first-order valence-corrected chi connectivity index (χ1v) is 7.98. The average Bonchev–Trinajstić information content (AvgIpc) is 2.88. The highest BCUT2D eigenvalue weighted by atomic mass is 35.5. The van der Waals surface area contributed by atoms with Gasteiger partial charge in [-0.15, -0.1) is 11.6 Å². The zero-order valence-electron chi connectivity index (χ0n) is 12.6. The zero-order chi connectivity index (χ0) is 14.6. The second kappa shape index (κ2) is 6.59. The van der Waals surface area contributed by atoms with Gasteiger partial charge in [0.25, 0.3) is 0 Å². The number of nitrogens with one attached hydrogen (secondary N) is 1. The van der Waals surface area contributed by atoms with Gasteiger partial charge in [-0.2, -0.15) is 5.10 Å². The maximum atomic E-state index is 6.15. The van der Waals surface area contributed by atoms with Gasteiger partial charge >= 0.3 is 0 Å². The molecule has 0 aliphatic rings. The summed E-state index contributed by atoms with van der Waals surface area (Å²) in [7, 11) is 0. The summed E-state index contributed by atoms with van der Waals surface area (Å²) >= 11 is 6.15. The Labute approximate surface area is 126 Å². The van der Waals surface area contributed by atoms with E-state index < -0.39 is 0 Å². The fourth-order valence-corrected chi connectivity index (χ4v) is 3.05. The molecule has 1 heterocycles. The number of fused-ring (bicyclic) bond motifs is 1. The first-order chi connectivity index (χ1) is 9.69. The van der Waals surface area contributed by atoms with E-state index in [1.54, 1.807) is 0 Å². The molecule has 1 N–H and O–H groups in total. The van der Waals surface area contributed by atoms with Crippen LogP contribution in [0.25, 0.3) is 10.9 Å². The summed E-state index contributed by atoms with van der Waals surface area (Å²) in [6, 6.07) is 8.41. The van der Waals surface area contributed by atoms with Gasteiger partial charge in [-0.05, 0) is 25.8 Å². The molecule has 0 atom stereocenters. The first kappa shape index (κ1) is 15.3. The van der Waals surface area contributed by atoms with Crippen LogP contribution < -0.4 is 5.32 Å². The molecule has 20 heavy (non-hydrogen) atoms. The van der Waals surface area contributed by atoms with Gasteiger partial charge in [-0.3, -0.25) is 4.68 Å². The van der Waals surface area contributed by atoms with Crippen LogP contribution in [0.3, 0.4) is 0 Å². The Kier molecular flexibility index (Phi) is 5.06. The van der Waals surface area contributed by atoms with Crippen LogP contribution in [0, 0.1) is 0 Å². The smallest absolute Gasteiger partial charge is 0.0841 e. The summed E-state index contributed by atoms with van der Waals surface area (Å²) in [5.41, 5.74) is 2.33. The molecule has 0 spiro atoms. The molecule has 0 unspecified atom stereocenters. The molecule has 0 fully saturated rings. The minimum atomic E-state index is 0.0126. The molecule has 1 aromatic heterocycles. The Hall–Kier alpha value is -1.06. The van der Waals surface area contributed by atoms with Crippen LogP contribution in [0.15, 0.2) is 24.3 Å². The van der Waals surface area contributed by atoms with E-state index in [0.717, 1.165) is 31.6 Å². The maximum absolute atomic E-state index is 6.15. The van der Waals surface area contributed by atoms with Crippen LogP contribution in [-0.4, -0.2) is 21.2 Å². The van der Waals surface area contributed by atoms with Crippen molar-refractivity contribution in [3.8, 4) is 0 Å². The van der Waals surface area contributed by atoms with Crippen molar-refractivity contribution in [2.75, 3.05) is 5.88 Å². The molecule has 2 aromatic rings. The standard InChI is InChI=1S/C16H24ClN3/c1-4-16(5-2,12-17)18-11-14-13-9-7-8-10-15(13)20(6-3)19-14/h7-10,18H,4-6,11-12H2,1-3H3. The van der Waals surface area contributed by atoms with E-state index in [1.165, 1.54) is 10.9 Å². The van der Waals surface area contributed by atoms with Gasteiger partial charge in [0.15, 0.2) is 0 Å². The van der Waals surface area contributed by atoms with Crippen LogP contribution in [0.5, 0.6) is 0 Å². The highest BCUT2D eigenvalue weighted by Crippen LogP contribution is 2.21. The molecule has 4 heteroatoms. The van der Waals surface area contributed by atoms with Gasteiger partial charge in [-0.25, -0.2) is 0 Å². The summed E-state index contributed by atoms with van der Waals surface area (Å²) in [6.07, 6.45) is 2.05. The van der Waals surface area contributed by atoms with Gasteiger partial charge in [0.1, 0.15) is 0 Å². The Morgan fingerprint density at radius 1 is 1.20 bits per heavy atom. The topological polar surface area (TPSA) is 29.9 Å². The van der Waals surface area contributed by atoms with E-state index in [1.807, 2.05) is 0 Å². The van der Waals surface area contributed by atoms with E-state index in [0.29, 0.717) is 5.88 Å². The number of aromatic nitrogens is 2. The predicted molar refractivity (Wildman–Crippen MR) is 86.3 cm³/mol. The third-order valence-electron chi connectivity index (χ3n) is 4.27. The quantitative estimate of drug-likeness (QED) is 0.784. The first-order valence-electron chi connectivity index (χ1n) is 7.45. The largest absolute Gasteiger partial charge is 0.304 e. The molecule has 0 bridgehead atoms. The number of nitrogens with zero attached hydrogens (tertiary/aromatic N) is 2. The van der Waals surface area contributed by atoms with E-state index in [4.69, 9.17) is 16.7 Å². The van der Waals surface area contributed by atoms with Gasteiger partial charge in [0.2, 0.25) is 0 Å². The second-order valence-corrected chi connectivity index (χ2v) is 5.52. The van der Waals surface area contributed by atoms with Crippen molar-refractivity contribution in [2.24, 2.45) is 0 Å². The minimum Gasteiger partial charge on any atom is -0.304 e. The normalized spacial score (nSPS) is 12.2. The van der Waals surface area contributed by atoms with Gasteiger partial charge in [0, 0.05) is 29.9 Å². The van der Waals surface area contributed by atoms with Crippen molar-refractivity contribution in [2.45, 2.75) is 52.2 Å². The van der Waals surface area contributed by atoms with Crippen molar-refractivity contribution >= 4 is 22.5 Å². The number of hydrogen-bond acceptors (Lipinski definition) is 2. The molecule has 0 amide bonds. The van der Waals surface area contributed by atoms with Crippen molar-refractivity contribution < 1.29 is 0 Å². The monoisotopic (exact) mass is 293 g/mol. The van der Waals surface area contributed by atoms with Crippen LogP contribution in [0.2, 0.25) is 0 Å². The number of hydrogen-bond donors (Lipinski definition) is 1. The Morgan fingerprint density at radius 2 is 1.90 bits per heavy atom. The molecular weight excluding hydrogens is 270 g/mol. The summed E-state index contributed by atoms with van der Waals surface area (Å²) in [5, 5.41) is 9.58. The van der Waals surface area contributed by atoms with Crippen molar-refractivity contribution in [1.29, 1.82) is 0 Å². The van der Waals surface area contributed by atoms with E-state index in [2.05, 4.69) is 55.0 Å². The van der Waals surface area contributed by atoms with E-state index in [9.17, 15) is 0 Å². The lowest BCUT2D eigenvalue weighted by Crippen LogP contribution is -2.45. The molecule has 2 rings (SSSR count). The highest BCUT2D eigenvalue weighted by molar-refractivity contribution is 6.18. The number of aryl methyl sites for hydroxylation is 1. The molecule has 110 valence electrons. The lowest BCUT2D eigenvalue weighted by Gasteiger charge is -2.30. The SMILES string of the molecule is CCn1nc(CNC(CC)(CC)CCl)c2ccccc21. The molecule has 0 saturated heterocycles. The van der Waals surface area contributed by atoms with E-state index >= 15 is 0 Å². The Balaban J connectivity index is 2.26.